The maximum atomic E-state index is 11.5. The van der Waals surface area contributed by atoms with Crippen molar-refractivity contribution in [3.8, 4) is 0 Å². The lowest BCUT2D eigenvalue weighted by Gasteiger charge is -2.39. The highest BCUT2D eigenvalue weighted by Gasteiger charge is 2.44. The molecule has 1 heterocycles. The second-order valence-electron chi connectivity index (χ2n) is 4.77. The zero-order valence-electron chi connectivity index (χ0n) is 9.59. The van der Waals surface area contributed by atoms with Gasteiger partial charge < -0.3 is 4.89 Å². The summed E-state index contributed by atoms with van der Waals surface area (Å²) in [7, 11) is -3.93. The van der Waals surface area contributed by atoms with Gasteiger partial charge in [-0.15, -0.1) is 0 Å². The molecule has 2 atom stereocenters. The Kier molecular flexibility index (Phi) is 3.36. The molecule has 0 bridgehead atoms. The van der Waals surface area contributed by atoms with E-state index in [9.17, 15) is 9.46 Å². The average molecular weight is 277 g/mol. The summed E-state index contributed by atoms with van der Waals surface area (Å²) in [6.45, 7) is 4.02. The second-order valence-corrected chi connectivity index (χ2v) is 6.61. The van der Waals surface area contributed by atoms with Crippen molar-refractivity contribution in [1.29, 1.82) is 0 Å². The lowest BCUT2D eigenvalue weighted by atomic mass is 9.83. The molecule has 0 amide bonds. The summed E-state index contributed by atoms with van der Waals surface area (Å²) in [6.07, 6.45) is -0.482. The molecule has 2 unspecified atom stereocenters. The number of hydrogen-bond donors (Lipinski definition) is 1. The highest BCUT2D eigenvalue weighted by Crippen LogP contribution is 2.58. The summed E-state index contributed by atoms with van der Waals surface area (Å²) in [6, 6.07) is 7.04. The van der Waals surface area contributed by atoms with Crippen molar-refractivity contribution in [1.82, 2.24) is 0 Å². The fourth-order valence-electron chi connectivity index (χ4n) is 1.78. The first kappa shape index (κ1) is 13.1. The van der Waals surface area contributed by atoms with E-state index in [4.69, 9.17) is 20.6 Å². The molecule has 1 aliphatic heterocycles. The second kappa shape index (κ2) is 4.38. The van der Waals surface area contributed by atoms with Crippen molar-refractivity contribution in [2.45, 2.75) is 20.0 Å². The Hall–Kier alpha value is -0.380. The van der Waals surface area contributed by atoms with Crippen LogP contribution in [-0.2, 0) is 13.6 Å². The van der Waals surface area contributed by atoms with Crippen molar-refractivity contribution < 1.29 is 18.5 Å². The van der Waals surface area contributed by atoms with Gasteiger partial charge in [-0.1, -0.05) is 37.6 Å². The topological polar surface area (TPSA) is 55.8 Å². The van der Waals surface area contributed by atoms with Crippen LogP contribution in [0.3, 0.4) is 0 Å². The standard InChI is InChI=1S/C11H14ClO4P/c1-11(2)7-15-17(13,14)16-10(11)8-3-5-9(12)6-4-8/h3-6,10H,7H2,1-2H3,(H,13,14). The molecule has 1 aromatic rings. The molecular weight excluding hydrogens is 263 g/mol. The minimum absolute atomic E-state index is 0.175. The van der Waals surface area contributed by atoms with E-state index < -0.39 is 13.9 Å². The van der Waals surface area contributed by atoms with E-state index in [1.165, 1.54) is 0 Å². The summed E-state index contributed by atoms with van der Waals surface area (Å²) in [5, 5.41) is 0.616. The number of halogens is 1. The highest BCUT2D eigenvalue weighted by atomic mass is 35.5. The maximum absolute atomic E-state index is 11.5. The van der Waals surface area contributed by atoms with Crippen molar-refractivity contribution in [2.75, 3.05) is 6.61 Å². The zero-order valence-corrected chi connectivity index (χ0v) is 11.2. The molecule has 0 spiro atoms. The van der Waals surface area contributed by atoms with Gasteiger partial charge in [-0.3, -0.25) is 9.05 Å². The van der Waals surface area contributed by atoms with Crippen LogP contribution in [0.4, 0.5) is 0 Å². The smallest absolute Gasteiger partial charge is 0.302 e. The Morgan fingerprint density at radius 1 is 1.41 bits per heavy atom. The molecule has 4 nitrogen and oxygen atoms in total. The van der Waals surface area contributed by atoms with Gasteiger partial charge in [0.15, 0.2) is 0 Å². The molecule has 1 saturated heterocycles. The molecule has 2 rings (SSSR count). The number of phosphoric acid groups is 1. The first-order chi connectivity index (χ1) is 7.80. The molecule has 94 valence electrons. The molecule has 0 aromatic heterocycles. The van der Waals surface area contributed by atoms with Gasteiger partial charge in [0.25, 0.3) is 0 Å². The van der Waals surface area contributed by atoms with Crippen LogP contribution in [-0.4, -0.2) is 11.5 Å². The van der Waals surface area contributed by atoms with Gasteiger partial charge >= 0.3 is 7.82 Å². The molecule has 1 aromatic carbocycles. The summed E-state index contributed by atoms with van der Waals surface area (Å²) < 4.78 is 21.4. The minimum Gasteiger partial charge on any atom is -0.302 e. The Balaban J connectivity index is 2.33. The summed E-state index contributed by atoms with van der Waals surface area (Å²) in [5.74, 6) is 0. The van der Waals surface area contributed by atoms with Crippen LogP contribution in [0, 0.1) is 5.41 Å². The van der Waals surface area contributed by atoms with Gasteiger partial charge in [0.2, 0.25) is 0 Å². The van der Waals surface area contributed by atoms with Gasteiger partial charge in [0.05, 0.1) is 6.61 Å². The van der Waals surface area contributed by atoms with Gasteiger partial charge in [0, 0.05) is 10.4 Å². The number of hydrogen-bond acceptors (Lipinski definition) is 3. The molecular formula is C11H14ClO4P. The monoisotopic (exact) mass is 276 g/mol. The van der Waals surface area contributed by atoms with Crippen LogP contribution in [0.5, 0.6) is 0 Å². The third-order valence-electron chi connectivity index (χ3n) is 2.72. The van der Waals surface area contributed by atoms with E-state index in [0.717, 1.165) is 5.56 Å². The van der Waals surface area contributed by atoms with Gasteiger partial charge in [-0.25, -0.2) is 4.57 Å². The van der Waals surface area contributed by atoms with Gasteiger partial charge in [0.1, 0.15) is 6.10 Å². The van der Waals surface area contributed by atoms with Crippen LogP contribution in [0.2, 0.25) is 5.02 Å². The SMILES string of the molecule is CC1(C)COP(=O)(O)OC1c1ccc(Cl)cc1. The van der Waals surface area contributed by atoms with Crippen LogP contribution in [0.15, 0.2) is 24.3 Å². The van der Waals surface area contributed by atoms with E-state index in [2.05, 4.69) is 0 Å². The predicted octanol–water partition coefficient (Wildman–Crippen LogP) is 3.55. The van der Waals surface area contributed by atoms with Gasteiger partial charge in [-0.05, 0) is 17.7 Å². The van der Waals surface area contributed by atoms with Crippen LogP contribution >= 0.6 is 19.4 Å². The van der Waals surface area contributed by atoms with Crippen molar-refractivity contribution in [3.63, 3.8) is 0 Å². The number of rotatable bonds is 1. The van der Waals surface area contributed by atoms with Crippen molar-refractivity contribution in [2.24, 2.45) is 5.41 Å². The summed E-state index contributed by atoms with van der Waals surface area (Å²) in [5.41, 5.74) is 0.446. The number of benzene rings is 1. The zero-order chi connectivity index (χ0) is 12.7. The van der Waals surface area contributed by atoms with Crippen molar-refractivity contribution in [3.05, 3.63) is 34.9 Å². The molecule has 0 aliphatic carbocycles. The molecule has 6 heteroatoms. The fraction of sp³-hybridized carbons (Fsp3) is 0.455. The van der Waals surface area contributed by atoms with Crippen LogP contribution < -0.4 is 0 Å². The normalized spacial score (nSPS) is 32.4. The Morgan fingerprint density at radius 3 is 2.59 bits per heavy atom. The molecule has 0 saturated carbocycles. The molecule has 1 fully saturated rings. The maximum Gasteiger partial charge on any atom is 0.472 e. The lowest BCUT2D eigenvalue weighted by molar-refractivity contribution is -0.0472. The van der Waals surface area contributed by atoms with E-state index >= 15 is 0 Å². The third kappa shape index (κ3) is 2.90. The van der Waals surface area contributed by atoms with Crippen LogP contribution in [0.25, 0.3) is 0 Å². The average Bonchev–Trinajstić information content (AvgIpc) is 2.24. The molecule has 0 radical (unpaired) electrons. The molecule has 1 aliphatic rings. The first-order valence-electron chi connectivity index (χ1n) is 5.21. The van der Waals surface area contributed by atoms with E-state index in [0.29, 0.717) is 5.02 Å². The molecule has 17 heavy (non-hydrogen) atoms. The van der Waals surface area contributed by atoms with Gasteiger partial charge in [-0.2, -0.15) is 0 Å². The van der Waals surface area contributed by atoms with E-state index in [1.807, 2.05) is 13.8 Å². The van der Waals surface area contributed by atoms with E-state index in [1.54, 1.807) is 24.3 Å². The Labute approximate surface area is 105 Å². The highest BCUT2D eigenvalue weighted by molar-refractivity contribution is 7.47. The lowest BCUT2D eigenvalue weighted by Crippen LogP contribution is -2.33. The fourth-order valence-corrected chi connectivity index (χ4v) is 3.14. The van der Waals surface area contributed by atoms with Crippen molar-refractivity contribution >= 4 is 19.4 Å². The van der Waals surface area contributed by atoms with E-state index in [-0.39, 0.29) is 12.0 Å². The Bertz CT molecular complexity index is 457. The summed E-state index contributed by atoms with van der Waals surface area (Å²) >= 11 is 5.81. The first-order valence-corrected chi connectivity index (χ1v) is 7.09. The van der Waals surface area contributed by atoms with Crippen LogP contribution in [0.1, 0.15) is 25.5 Å². The Morgan fingerprint density at radius 2 is 2.00 bits per heavy atom. The number of phosphoric ester groups is 1. The largest absolute Gasteiger partial charge is 0.472 e. The minimum atomic E-state index is -3.93. The molecule has 1 N–H and O–H groups in total. The summed E-state index contributed by atoms with van der Waals surface area (Å²) in [4.78, 5) is 9.38. The quantitative estimate of drug-likeness (QED) is 0.797. The third-order valence-corrected chi connectivity index (χ3v) is 3.91. The predicted molar refractivity (Wildman–Crippen MR) is 64.8 cm³/mol.